The predicted octanol–water partition coefficient (Wildman–Crippen LogP) is 3.43. The molecule has 0 aliphatic heterocycles. The summed E-state index contributed by atoms with van der Waals surface area (Å²) in [5, 5.41) is 2.64. The topological polar surface area (TPSA) is 63.2 Å². The van der Waals surface area contributed by atoms with Gasteiger partial charge in [0.25, 0.3) is 15.0 Å². The maximum absolute atomic E-state index is 14.1. The minimum Gasteiger partial charge on any atom is -0.349 e. The summed E-state index contributed by atoms with van der Waals surface area (Å²) in [6, 6.07) is 2.14. The van der Waals surface area contributed by atoms with Crippen LogP contribution in [0.4, 0.5) is 4.39 Å². The zero-order valence-corrected chi connectivity index (χ0v) is 14.1. The average molecular weight is 387 g/mol. The summed E-state index contributed by atoms with van der Waals surface area (Å²) >= 11 is 3.04. The molecule has 1 rings (SSSR count). The van der Waals surface area contributed by atoms with Crippen LogP contribution in [0, 0.1) is 5.82 Å². The summed E-state index contributed by atoms with van der Waals surface area (Å²) in [5.74, 6) is -1.81. The van der Waals surface area contributed by atoms with Gasteiger partial charge in [-0.15, -0.1) is 0 Å². The molecule has 0 saturated heterocycles. The molecule has 1 N–H and O–H groups in total. The quantitative estimate of drug-likeness (QED) is 0.789. The minimum atomic E-state index is -4.26. The number of rotatable bonds is 5. The van der Waals surface area contributed by atoms with E-state index >= 15 is 0 Å². The van der Waals surface area contributed by atoms with Crippen molar-refractivity contribution in [3.63, 3.8) is 0 Å². The molecule has 0 unspecified atom stereocenters. The Labute approximate surface area is 130 Å². The highest BCUT2D eigenvalue weighted by molar-refractivity contribution is 9.10. The lowest BCUT2D eigenvalue weighted by molar-refractivity contribution is 0.0930. The van der Waals surface area contributed by atoms with Crippen LogP contribution in [0.1, 0.15) is 37.0 Å². The molecule has 0 atom stereocenters. The van der Waals surface area contributed by atoms with E-state index in [0.29, 0.717) is 12.8 Å². The van der Waals surface area contributed by atoms with Gasteiger partial charge >= 0.3 is 0 Å². The van der Waals surface area contributed by atoms with Crippen molar-refractivity contribution < 1.29 is 17.6 Å². The van der Waals surface area contributed by atoms with Crippen LogP contribution in [-0.2, 0) is 9.05 Å². The van der Waals surface area contributed by atoms with Crippen LogP contribution in [0.25, 0.3) is 0 Å². The van der Waals surface area contributed by atoms with Crippen molar-refractivity contribution in [2.45, 2.75) is 37.6 Å². The van der Waals surface area contributed by atoms with Gasteiger partial charge in [-0.1, -0.05) is 29.8 Å². The maximum atomic E-state index is 14.1. The number of nitrogens with one attached hydrogen (secondary N) is 1. The highest BCUT2D eigenvalue weighted by Crippen LogP contribution is 2.26. The first-order chi connectivity index (χ1) is 9.20. The van der Waals surface area contributed by atoms with Crippen molar-refractivity contribution >= 4 is 41.6 Å². The molecular weight excluding hydrogens is 373 g/mol. The highest BCUT2D eigenvalue weighted by Gasteiger charge is 2.24. The predicted molar refractivity (Wildman–Crippen MR) is 79.0 cm³/mol. The van der Waals surface area contributed by atoms with Crippen molar-refractivity contribution in [2.75, 3.05) is 0 Å². The van der Waals surface area contributed by atoms with Crippen LogP contribution in [0.5, 0.6) is 0 Å². The first-order valence-electron chi connectivity index (χ1n) is 5.95. The van der Waals surface area contributed by atoms with Crippen molar-refractivity contribution in [1.82, 2.24) is 5.32 Å². The van der Waals surface area contributed by atoms with Crippen LogP contribution in [0.15, 0.2) is 21.5 Å². The van der Waals surface area contributed by atoms with Gasteiger partial charge in [-0.25, -0.2) is 12.8 Å². The van der Waals surface area contributed by atoms with Gasteiger partial charge in [-0.05, 0) is 25.0 Å². The molecule has 8 heteroatoms. The summed E-state index contributed by atoms with van der Waals surface area (Å²) in [6.07, 6.45) is 1.39. The second-order valence-corrected chi connectivity index (χ2v) is 7.64. The molecule has 0 aliphatic rings. The highest BCUT2D eigenvalue weighted by atomic mass is 79.9. The summed E-state index contributed by atoms with van der Waals surface area (Å²) in [5.41, 5.74) is -0.356. The normalized spacial score (nSPS) is 11.7. The largest absolute Gasteiger partial charge is 0.349 e. The van der Waals surface area contributed by atoms with E-state index in [2.05, 4.69) is 21.2 Å². The number of amides is 1. The molecule has 4 nitrogen and oxygen atoms in total. The number of carbonyl (C=O) groups excluding carboxylic acids is 1. The third-order valence-electron chi connectivity index (χ3n) is 2.83. The van der Waals surface area contributed by atoms with Crippen molar-refractivity contribution in [3.05, 3.63) is 28.0 Å². The van der Waals surface area contributed by atoms with E-state index in [1.54, 1.807) is 0 Å². The van der Waals surface area contributed by atoms with E-state index in [1.165, 1.54) is 6.07 Å². The van der Waals surface area contributed by atoms with E-state index in [9.17, 15) is 17.6 Å². The van der Waals surface area contributed by atoms with E-state index in [-0.39, 0.29) is 16.1 Å². The fourth-order valence-electron chi connectivity index (χ4n) is 1.66. The number of benzene rings is 1. The van der Waals surface area contributed by atoms with Crippen LogP contribution < -0.4 is 5.32 Å². The molecule has 0 heterocycles. The Morgan fingerprint density at radius 3 is 2.40 bits per heavy atom. The molecule has 0 bridgehead atoms. The van der Waals surface area contributed by atoms with Gasteiger partial charge in [0, 0.05) is 21.2 Å². The molecule has 0 radical (unpaired) electrons. The van der Waals surface area contributed by atoms with E-state index in [1.807, 2.05) is 13.8 Å². The first-order valence-corrected chi connectivity index (χ1v) is 9.05. The van der Waals surface area contributed by atoms with Crippen LogP contribution in [-0.4, -0.2) is 20.4 Å². The van der Waals surface area contributed by atoms with Gasteiger partial charge in [0.2, 0.25) is 0 Å². The lowest BCUT2D eigenvalue weighted by atomic mass is 10.1. The average Bonchev–Trinajstić information content (AvgIpc) is 2.36. The summed E-state index contributed by atoms with van der Waals surface area (Å²) in [7, 11) is 0.888. The molecule has 1 aromatic rings. The van der Waals surface area contributed by atoms with Gasteiger partial charge in [0.15, 0.2) is 5.82 Å². The number of carbonyl (C=O) groups is 1. The first kappa shape index (κ1) is 17.4. The number of hydrogen-bond donors (Lipinski definition) is 1. The number of halogens is 3. The monoisotopic (exact) mass is 385 g/mol. The second-order valence-electron chi connectivity index (χ2n) is 4.19. The van der Waals surface area contributed by atoms with Gasteiger partial charge < -0.3 is 5.32 Å². The van der Waals surface area contributed by atoms with Crippen molar-refractivity contribution in [2.24, 2.45) is 0 Å². The lowest BCUT2D eigenvalue weighted by Gasteiger charge is -2.15. The Kier molecular flexibility index (Phi) is 5.97. The Morgan fingerprint density at radius 2 is 1.95 bits per heavy atom. The molecule has 20 heavy (non-hydrogen) atoms. The van der Waals surface area contributed by atoms with Crippen molar-refractivity contribution in [1.29, 1.82) is 0 Å². The third kappa shape index (κ3) is 4.17. The van der Waals surface area contributed by atoms with Crippen LogP contribution in [0.3, 0.4) is 0 Å². The lowest BCUT2D eigenvalue weighted by Crippen LogP contribution is -2.34. The molecule has 0 fully saturated rings. The molecule has 112 valence electrons. The van der Waals surface area contributed by atoms with Crippen LogP contribution >= 0.6 is 26.6 Å². The van der Waals surface area contributed by atoms with E-state index in [0.717, 1.165) is 6.07 Å². The fraction of sp³-hybridized carbons (Fsp3) is 0.417. The third-order valence-corrected chi connectivity index (χ3v) is 4.61. The maximum Gasteiger partial charge on any atom is 0.264 e. The fourth-order valence-corrected chi connectivity index (χ4v) is 3.20. The van der Waals surface area contributed by atoms with Gasteiger partial charge in [0.1, 0.15) is 4.90 Å². The van der Waals surface area contributed by atoms with Crippen LogP contribution in [0.2, 0.25) is 0 Å². The standard InChI is InChI=1S/C12H14BrClFNO3S/c1-3-8(4-2)16-12(17)9-5-7(13)6-10(11(9)15)20(14,18)19/h5-6,8H,3-4H2,1-2H3,(H,16,17). The summed E-state index contributed by atoms with van der Waals surface area (Å²) in [6.45, 7) is 3.78. The van der Waals surface area contributed by atoms with Gasteiger partial charge in [0.05, 0.1) is 5.56 Å². The Balaban J connectivity index is 3.26. The molecule has 0 aromatic heterocycles. The SMILES string of the molecule is CCC(CC)NC(=O)c1cc(Br)cc(S(=O)(=O)Cl)c1F. The Hall–Kier alpha value is -0.660. The van der Waals surface area contributed by atoms with E-state index in [4.69, 9.17) is 10.7 Å². The minimum absolute atomic E-state index is 0.100. The Bertz CT molecular complexity index is 617. The van der Waals surface area contributed by atoms with E-state index < -0.39 is 25.7 Å². The second kappa shape index (κ2) is 6.87. The summed E-state index contributed by atoms with van der Waals surface area (Å²) < 4.78 is 36.9. The smallest absolute Gasteiger partial charge is 0.264 e. The molecule has 0 saturated carbocycles. The molecule has 1 amide bonds. The zero-order chi connectivity index (χ0) is 15.5. The van der Waals surface area contributed by atoms with Crippen molar-refractivity contribution in [3.8, 4) is 0 Å². The molecule has 0 spiro atoms. The number of hydrogen-bond acceptors (Lipinski definition) is 3. The summed E-state index contributed by atoms with van der Waals surface area (Å²) in [4.78, 5) is 11.3. The molecular formula is C12H14BrClFNO3S. The Morgan fingerprint density at radius 1 is 1.40 bits per heavy atom. The zero-order valence-electron chi connectivity index (χ0n) is 10.9. The molecule has 0 aliphatic carbocycles. The van der Waals surface area contributed by atoms with Gasteiger partial charge in [-0.3, -0.25) is 4.79 Å². The van der Waals surface area contributed by atoms with Gasteiger partial charge in [-0.2, -0.15) is 0 Å². The molecule has 1 aromatic carbocycles.